The third kappa shape index (κ3) is 7.61. The number of rotatable bonds is 6. The lowest BCUT2D eigenvalue weighted by atomic mass is 9.75. The van der Waals surface area contributed by atoms with E-state index >= 15 is 0 Å². The van der Waals surface area contributed by atoms with Gasteiger partial charge in [0.1, 0.15) is 0 Å². The van der Waals surface area contributed by atoms with Crippen LogP contribution in [0.25, 0.3) is 0 Å². The molecule has 1 aliphatic heterocycles. The molecule has 1 aliphatic rings. The van der Waals surface area contributed by atoms with Crippen LogP contribution in [0.2, 0.25) is 0 Å². The van der Waals surface area contributed by atoms with Crippen LogP contribution in [0.3, 0.4) is 0 Å². The van der Waals surface area contributed by atoms with Gasteiger partial charge in [-0.25, -0.2) is 0 Å². The lowest BCUT2D eigenvalue weighted by Gasteiger charge is -2.38. The molecule has 3 heteroatoms. The van der Waals surface area contributed by atoms with E-state index in [-0.39, 0.29) is 5.60 Å². The van der Waals surface area contributed by atoms with Crippen LogP contribution in [0.4, 0.5) is 0 Å². The van der Waals surface area contributed by atoms with Crippen molar-refractivity contribution < 1.29 is 9.47 Å². The molecule has 0 spiro atoms. The Morgan fingerprint density at radius 2 is 1.50 bits per heavy atom. The van der Waals surface area contributed by atoms with Crippen LogP contribution in [0, 0.1) is 11.3 Å². The number of ether oxygens (including phenoxy) is 2. The van der Waals surface area contributed by atoms with Gasteiger partial charge in [-0.2, -0.15) is 0 Å². The number of likely N-dealkylation sites (tertiary alicyclic amines) is 1. The molecule has 1 fully saturated rings. The topological polar surface area (TPSA) is 21.7 Å². The minimum absolute atomic E-state index is 0.0573. The smallest absolute Gasteiger partial charge is 0.0707 e. The van der Waals surface area contributed by atoms with Crippen LogP contribution in [0.5, 0.6) is 0 Å². The molecule has 0 saturated carbocycles. The van der Waals surface area contributed by atoms with Gasteiger partial charge in [-0.05, 0) is 58.0 Å². The fourth-order valence-electron chi connectivity index (χ4n) is 2.73. The van der Waals surface area contributed by atoms with E-state index in [0.717, 1.165) is 19.1 Å². The van der Waals surface area contributed by atoms with Crippen molar-refractivity contribution in [3.8, 4) is 0 Å². The molecule has 0 aliphatic carbocycles. The highest BCUT2D eigenvalue weighted by molar-refractivity contribution is 4.80. The first-order valence-corrected chi connectivity index (χ1v) is 8.12. The molecule has 120 valence electrons. The average molecular weight is 285 g/mol. The van der Waals surface area contributed by atoms with E-state index in [2.05, 4.69) is 46.4 Å². The van der Waals surface area contributed by atoms with Crippen LogP contribution < -0.4 is 0 Å². The van der Waals surface area contributed by atoms with Crippen LogP contribution in [-0.4, -0.2) is 50.0 Å². The Kier molecular flexibility index (Phi) is 6.96. The van der Waals surface area contributed by atoms with Crippen molar-refractivity contribution in [3.05, 3.63) is 0 Å². The third-order valence-electron chi connectivity index (χ3n) is 4.13. The summed E-state index contributed by atoms with van der Waals surface area (Å²) < 4.78 is 11.3. The summed E-state index contributed by atoms with van der Waals surface area (Å²) in [6.45, 7) is 19.1. The molecule has 0 N–H and O–H groups in total. The number of hydrogen-bond donors (Lipinski definition) is 0. The Labute approximate surface area is 126 Å². The second-order valence-corrected chi connectivity index (χ2v) is 8.06. The Bertz CT molecular complexity index is 257. The molecular formula is C17H35NO2. The van der Waals surface area contributed by atoms with Gasteiger partial charge in [0.2, 0.25) is 0 Å². The van der Waals surface area contributed by atoms with Crippen molar-refractivity contribution in [1.82, 2.24) is 4.90 Å². The lowest BCUT2D eigenvalue weighted by molar-refractivity contribution is -0.0379. The maximum Gasteiger partial charge on any atom is 0.0707 e. The second kappa shape index (κ2) is 7.77. The van der Waals surface area contributed by atoms with Gasteiger partial charge in [0.05, 0.1) is 25.4 Å². The minimum atomic E-state index is -0.0573. The average Bonchev–Trinajstić information content (AvgIpc) is 2.32. The molecule has 20 heavy (non-hydrogen) atoms. The van der Waals surface area contributed by atoms with E-state index in [1.54, 1.807) is 0 Å². The monoisotopic (exact) mass is 285 g/mol. The maximum absolute atomic E-state index is 5.66. The SMILES string of the molecule is CC(C)(C)OCCOCCN1CCC(C(C)(C)C)CC1. The molecule has 0 unspecified atom stereocenters. The summed E-state index contributed by atoms with van der Waals surface area (Å²) in [4.78, 5) is 2.53. The number of piperidine rings is 1. The van der Waals surface area contributed by atoms with E-state index in [4.69, 9.17) is 9.47 Å². The van der Waals surface area contributed by atoms with Crippen molar-refractivity contribution in [3.63, 3.8) is 0 Å². The summed E-state index contributed by atoms with van der Waals surface area (Å²) in [7, 11) is 0. The van der Waals surface area contributed by atoms with Crippen molar-refractivity contribution in [2.75, 3.05) is 39.5 Å². The Hall–Kier alpha value is -0.120. The Balaban J connectivity index is 2.02. The van der Waals surface area contributed by atoms with Gasteiger partial charge < -0.3 is 14.4 Å². The Morgan fingerprint density at radius 3 is 2.00 bits per heavy atom. The predicted molar refractivity (Wildman–Crippen MR) is 85.1 cm³/mol. The summed E-state index contributed by atoms with van der Waals surface area (Å²) >= 11 is 0. The van der Waals surface area contributed by atoms with E-state index < -0.39 is 0 Å². The van der Waals surface area contributed by atoms with Crippen LogP contribution >= 0.6 is 0 Å². The van der Waals surface area contributed by atoms with Gasteiger partial charge in [-0.1, -0.05) is 20.8 Å². The molecule has 0 bridgehead atoms. The molecule has 3 nitrogen and oxygen atoms in total. The van der Waals surface area contributed by atoms with Gasteiger partial charge in [0.25, 0.3) is 0 Å². The van der Waals surface area contributed by atoms with Crippen LogP contribution in [0.15, 0.2) is 0 Å². The molecule has 0 aromatic heterocycles. The zero-order valence-electron chi connectivity index (χ0n) is 14.5. The molecule has 1 saturated heterocycles. The molecule has 0 radical (unpaired) electrons. The first kappa shape index (κ1) is 17.9. The van der Waals surface area contributed by atoms with Crippen LogP contribution in [0.1, 0.15) is 54.4 Å². The quantitative estimate of drug-likeness (QED) is 0.696. The molecule has 0 aromatic rings. The van der Waals surface area contributed by atoms with Gasteiger partial charge in [0, 0.05) is 6.54 Å². The van der Waals surface area contributed by atoms with E-state index in [0.29, 0.717) is 18.6 Å². The number of hydrogen-bond acceptors (Lipinski definition) is 3. The Morgan fingerprint density at radius 1 is 0.900 bits per heavy atom. The molecule has 0 aromatic carbocycles. The first-order valence-electron chi connectivity index (χ1n) is 8.12. The summed E-state index contributed by atoms with van der Waals surface area (Å²) in [5.74, 6) is 0.875. The molecule has 0 amide bonds. The highest BCUT2D eigenvalue weighted by Gasteiger charge is 2.28. The zero-order valence-corrected chi connectivity index (χ0v) is 14.5. The van der Waals surface area contributed by atoms with Crippen molar-refractivity contribution in [2.45, 2.75) is 60.0 Å². The highest BCUT2D eigenvalue weighted by atomic mass is 16.5. The van der Waals surface area contributed by atoms with Gasteiger partial charge >= 0.3 is 0 Å². The largest absolute Gasteiger partial charge is 0.378 e. The summed E-state index contributed by atoms with van der Waals surface area (Å²) in [6.07, 6.45) is 2.66. The zero-order chi connectivity index (χ0) is 15.2. The predicted octanol–water partition coefficient (Wildman–Crippen LogP) is 3.58. The molecule has 0 atom stereocenters. The first-order chi connectivity index (χ1) is 9.18. The van der Waals surface area contributed by atoms with E-state index in [9.17, 15) is 0 Å². The van der Waals surface area contributed by atoms with Gasteiger partial charge in [-0.3, -0.25) is 0 Å². The normalized spacial score (nSPS) is 19.5. The van der Waals surface area contributed by atoms with Crippen LogP contribution in [-0.2, 0) is 9.47 Å². The minimum Gasteiger partial charge on any atom is -0.378 e. The summed E-state index contributed by atoms with van der Waals surface area (Å²) in [5.41, 5.74) is 0.408. The van der Waals surface area contributed by atoms with E-state index in [1.165, 1.54) is 25.9 Å². The third-order valence-corrected chi connectivity index (χ3v) is 4.13. The van der Waals surface area contributed by atoms with Gasteiger partial charge in [0.15, 0.2) is 0 Å². The van der Waals surface area contributed by atoms with Crippen molar-refractivity contribution in [2.24, 2.45) is 11.3 Å². The number of nitrogens with zero attached hydrogens (tertiary/aromatic N) is 1. The lowest BCUT2D eigenvalue weighted by Crippen LogP contribution is -2.39. The molecule has 1 heterocycles. The van der Waals surface area contributed by atoms with Crippen molar-refractivity contribution >= 4 is 0 Å². The summed E-state index contributed by atoms with van der Waals surface area (Å²) in [6, 6.07) is 0. The highest BCUT2D eigenvalue weighted by Crippen LogP contribution is 2.34. The van der Waals surface area contributed by atoms with Gasteiger partial charge in [-0.15, -0.1) is 0 Å². The fraction of sp³-hybridized carbons (Fsp3) is 1.00. The standard InChI is InChI=1S/C17H35NO2/c1-16(2,3)15-7-9-18(10-8-15)11-12-19-13-14-20-17(4,5)6/h15H,7-14H2,1-6H3. The summed E-state index contributed by atoms with van der Waals surface area (Å²) in [5, 5.41) is 0. The second-order valence-electron chi connectivity index (χ2n) is 8.06. The molecular weight excluding hydrogens is 250 g/mol. The van der Waals surface area contributed by atoms with Crippen molar-refractivity contribution in [1.29, 1.82) is 0 Å². The molecule has 1 rings (SSSR count). The fourth-order valence-corrected chi connectivity index (χ4v) is 2.73. The van der Waals surface area contributed by atoms with E-state index in [1.807, 2.05) is 0 Å². The maximum atomic E-state index is 5.66.